The third-order valence-corrected chi connectivity index (χ3v) is 5.52. The molecule has 0 spiro atoms. The van der Waals surface area contributed by atoms with Gasteiger partial charge < -0.3 is 19.5 Å². The second-order valence-corrected chi connectivity index (χ2v) is 7.90. The molecule has 0 atom stereocenters. The number of carbonyl (C=O) groups is 1. The van der Waals surface area contributed by atoms with Gasteiger partial charge in [-0.3, -0.25) is 4.79 Å². The molecule has 2 aliphatic rings. The highest BCUT2D eigenvalue weighted by atomic mass is 16.5. The van der Waals surface area contributed by atoms with Gasteiger partial charge in [0.05, 0.1) is 0 Å². The highest BCUT2D eigenvalue weighted by Gasteiger charge is 2.35. The Kier molecular flexibility index (Phi) is 6.12. The van der Waals surface area contributed by atoms with Crippen molar-refractivity contribution in [3.63, 3.8) is 0 Å². The molecule has 6 nitrogen and oxygen atoms in total. The Hall–Kier alpha value is -1.40. The molecule has 3 rings (SSSR count). The summed E-state index contributed by atoms with van der Waals surface area (Å²) in [6.07, 6.45) is 5.92. The van der Waals surface area contributed by atoms with Gasteiger partial charge in [-0.2, -0.15) is 0 Å². The SMILES string of the molecule is CC(C)c1cc(C(=O)NCC2(CN3CCCCC3)CCOCC2)no1. The highest BCUT2D eigenvalue weighted by Crippen LogP contribution is 2.32. The number of aromatic nitrogens is 1. The van der Waals surface area contributed by atoms with Crippen LogP contribution in [-0.4, -0.2) is 55.4 Å². The molecular weight excluding hydrogens is 318 g/mol. The van der Waals surface area contributed by atoms with E-state index >= 15 is 0 Å². The predicted molar refractivity (Wildman–Crippen MR) is 95.7 cm³/mol. The molecule has 25 heavy (non-hydrogen) atoms. The number of carbonyl (C=O) groups excluding carboxylic acids is 1. The molecule has 0 radical (unpaired) electrons. The van der Waals surface area contributed by atoms with E-state index in [0.717, 1.165) is 38.4 Å². The number of hydrogen-bond donors (Lipinski definition) is 1. The van der Waals surface area contributed by atoms with Gasteiger partial charge in [0.15, 0.2) is 5.69 Å². The lowest BCUT2D eigenvalue weighted by molar-refractivity contribution is -0.00675. The molecule has 1 N–H and O–H groups in total. The van der Waals surface area contributed by atoms with Crippen molar-refractivity contribution in [3.05, 3.63) is 17.5 Å². The van der Waals surface area contributed by atoms with E-state index in [-0.39, 0.29) is 17.2 Å². The topological polar surface area (TPSA) is 67.6 Å². The number of ether oxygens (including phenoxy) is 1. The highest BCUT2D eigenvalue weighted by molar-refractivity contribution is 5.92. The molecule has 6 heteroatoms. The first-order valence-corrected chi connectivity index (χ1v) is 9.63. The van der Waals surface area contributed by atoms with Crippen LogP contribution in [0, 0.1) is 5.41 Å². The van der Waals surface area contributed by atoms with Crippen LogP contribution < -0.4 is 5.32 Å². The summed E-state index contributed by atoms with van der Waals surface area (Å²) in [4.78, 5) is 15.0. The molecule has 1 amide bonds. The maximum atomic E-state index is 12.5. The quantitative estimate of drug-likeness (QED) is 0.855. The van der Waals surface area contributed by atoms with Gasteiger partial charge in [0.2, 0.25) is 0 Å². The monoisotopic (exact) mass is 349 g/mol. The maximum Gasteiger partial charge on any atom is 0.273 e. The van der Waals surface area contributed by atoms with Crippen molar-refractivity contribution in [3.8, 4) is 0 Å². The van der Waals surface area contributed by atoms with E-state index < -0.39 is 0 Å². The van der Waals surface area contributed by atoms with Crippen LogP contribution in [0.2, 0.25) is 0 Å². The summed E-state index contributed by atoms with van der Waals surface area (Å²) in [6.45, 7) is 9.70. The van der Waals surface area contributed by atoms with Gasteiger partial charge in [0, 0.05) is 43.7 Å². The lowest BCUT2D eigenvalue weighted by Crippen LogP contribution is -2.49. The maximum absolute atomic E-state index is 12.5. The molecule has 3 heterocycles. The van der Waals surface area contributed by atoms with Crippen molar-refractivity contribution in [2.45, 2.75) is 51.9 Å². The van der Waals surface area contributed by atoms with Gasteiger partial charge in [-0.1, -0.05) is 25.4 Å². The molecule has 2 saturated heterocycles. The molecule has 2 fully saturated rings. The normalized spacial score (nSPS) is 21.4. The van der Waals surface area contributed by atoms with Crippen LogP contribution in [-0.2, 0) is 4.74 Å². The van der Waals surface area contributed by atoms with Crippen LogP contribution in [0.1, 0.15) is 68.1 Å². The summed E-state index contributed by atoms with van der Waals surface area (Å²) in [5.74, 6) is 0.842. The molecular formula is C19H31N3O3. The number of hydrogen-bond acceptors (Lipinski definition) is 5. The summed E-state index contributed by atoms with van der Waals surface area (Å²) < 4.78 is 10.8. The zero-order valence-corrected chi connectivity index (χ0v) is 15.6. The molecule has 1 aromatic rings. The van der Waals surface area contributed by atoms with Crippen LogP contribution >= 0.6 is 0 Å². The number of likely N-dealkylation sites (tertiary alicyclic amines) is 1. The third-order valence-electron chi connectivity index (χ3n) is 5.52. The molecule has 1 aromatic heterocycles. The Bertz CT molecular complexity index is 558. The fourth-order valence-electron chi connectivity index (χ4n) is 3.81. The Balaban J connectivity index is 1.60. The fourth-order valence-corrected chi connectivity index (χ4v) is 3.81. The van der Waals surface area contributed by atoms with E-state index in [1.165, 1.54) is 32.4 Å². The van der Waals surface area contributed by atoms with Crippen molar-refractivity contribution in [2.75, 3.05) is 39.4 Å². The smallest absolute Gasteiger partial charge is 0.273 e. The minimum Gasteiger partial charge on any atom is -0.381 e. The van der Waals surface area contributed by atoms with Crippen LogP contribution in [0.3, 0.4) is 0 Å². The molecule has 0 aromatic carbocycles. The van der Waals surface area contributed by atoms with Crippen LogP contribution in [0.15, 0.2) is 10.6 Å². The van der Waals surface area contributed by atoms with Crippen molar-refractivity contribution in [1.29, 1.82) is 0 Å². The minimum atomic E-state index is -0.139. The summed E-state index contributed by atoms with van der Waals surface area (Å²) in [5.41, 5.74) is 0.486. The first-order chi connectivity index (χ1) is 12.1. The predicted octanol–water partition coefficient (Wildman–Crippen LogP) is 2.81. The Morgan fingerprint density at radius 2 is 2.00 bits per heavy atom. The van der Waals surface area contributed by atoms with E-state index in [2.05, 4.69) is 15.4 Å². The Labute approximate surface area is 150 Å². The molecule has 0 aliphatic carbocycles. The van der Waals surface area contributed by atoms with E-state index in [1.807, 2.05) is 13.8 Å². The second-order valence-electron chi connectivity index (χ2n) is 7.90. The average molecular weight is 349 g/mol. The zero-order chi connectivity index (χ0) is 17.7. The summed E-state index contributed by atoms with van der Waals surface area (Å²) >= 11 is 0. The summed E-state index contributed by atoms with van der Waals surface area (Å²) in [7, 11) is 0. The molecule has 2 aliphatic heterocycles. The number of rotatable bonds is 6. The van der Waals surface area contributed by atoms with Crippen LogP contribution in [0.5, 0.6) is 0 Å². The van der Waals surface area contributed by atoms with Crippen LogP contribution in [0.4, 0.5) is 0 Å². The largest absolute Gasteiger partial charge is 0.381 e. The van der Waals surface area contributed by atoms with Gasteiger partial charge in [-0.25, -0.2) is 0 Å². The van der Waals surface area contributed by atoms with Gasteiger partial charge in [0.1, 0.15) is 5.76 Å². The van der Waals surface area contributed by atoms with Gasteiger partial charge in [-0.05, 0) is 38.8 Å². The van der Waals surface area contributed by atoms with Crippen molar-refractivity contribution in [1.82, 2.24) is 15.4 Å². The first kappa shape index (κ1) is 18.4. The van der Waals surface area contributed by atoms with Crippen LogP contribution in [0.25, 0.3) is 0 Å². The van der Waals surface area contributed by atoms with Crippen molar-refractivity contribution in [2.24, 2.45) is 5.41 Å². The number of nitrogens with one attached hydrogen (secondary N) is 1. The van der Waals surface area contributed by atoms with E-state index in [1.54, 1.807) is 6.07 Å². The summed E-state index contributed by atoms with van der Waals surface area (Å²) in [6, 6.07) is 1.75. The van der Waals surface area contributed by atoms with E-state index in [9.17, 15) is 4.79 Å². The lowest BCUT2D eigenvalue weighted by Gasteiger charge is -2.42. The summed E-state index contributed by atoms with van der Waals surface area (Å²) in [5, 5.41) is 7.03. The van der Waals surface area contributed by atoms with Crippen molar-refractivity contribution < 1.29 is 14.1 Å². The Morgan fingerprint density at radius 3 is 2.64 bits per heavy atom. The zero-order valence-electron chi connectivity index (χ0n) is 15.6. The van der Waals surface area contributed by atoms with Gasteiger partial charge in [0.25, 0.3) is 5.91 Å². The minimum absolute atomic E-state index is 0.107. The standard InChI is InChI=1S/C19H31N3O3/c1-15(2)17-12-16(21-25-17)18(23)20-13-19(6-10-24-11-7-19)14-22-8-4-3-5-9-22/h12,15H,3-11,13-14H2,1-2H3,(H,20,23). The fraction of sp³-hybridized carbons (Fsp3) is 0.789. The van der Waals surface area contributed by atoms with Gasteiger partial charge in [-0.15, -0.1) is 0 Å². The van der Waals surface area contributed by atoms with Gasteiger partial charge >= 0.3 is 0 Å². The second kappa shape index (κ2) is 8.32. The third kappa shape index (κ3) is 4.82. The Morgan fingerprint density at radius 1 is 1.28 bits per heavy atom. The number of nitrogens with zero attached hydrogens (tertiary/aromatic N) is 2. The van der Waals surface area contributed by atoms with Crippen molar-refractivity contribution >= 4 is 5.91 Å². The molecule has 0 unspecified atom stereocenters. The average Bonchev–Trinajstić information content (AvgIpc) is 3.12. The molecule has 140 valence electrons. The lowest BCUT2D eigenvalue weighted by atomic mass is 9.79. The molecule has 0 saturated carbocycles. The van der Waals surface area contributed by atoms with E-state index in [0.29, 0.717) is 12.2 Å². The first-order valence-electron chi connectivity index (χ1n) is 9.63. The number of piperidine rings is 1. The number of amides is 1. The van der Waals surface area contributed by atoms with E-state index in [4.69, 9.17) is 9.26 Å². The molecule has 0 bridgehead atoms.